The number of nitriles is 1. The minimum Gasteiger partial charge on any atom is -0.302 e. The van der Waals surface area contributed by atoms with Crippen LogP contribution in [0.4, 0.5) is 0 Å². The molecule has 0 aliphatic heterocycles. The molecule has 0 amide bonds. The zero-order valence-corrected chi connectivity index (χ0v) is 12.1. The van der Waals surface area contributed by atoms with Gasteiger partial charge in [-0.25, -0.2) is 0 Å². The molecule has 1 fully saturated rings. The highest BCUT2D eigenvalue weighted by Crippen LogP contribution is 2.37. The van der Waals surface area contributed by atoms with E-state index in [0.29, 0.717) is 5.92 Å². The van der Waals surface area contributed by atoms with E-state index >= 15 is 0 Å². The second kappa shape index (κ2) is 5.36. The maximum absolute atomic E-state index is 9.35. The lowest BCUT2D eigenvalue weighted by molar-refractivity contribution is 0.303. The fourth-order valence-electron chi connectivity index (χ4n) is 2.75. The minimum absolute atomic E-state index is 0.305. The molecule has 1 aliphatic rings. The summed E-state index contributed by atoms with van der Waals surface area (Å²) in [6.45, 7) is 0.902. The van der Waals surface area contributed by atoms with Crippen LogP contribution < -0.4 is 5.32 Å². The van der Waals surface area contributed by atoms with Gasteiger partial charge in [0.15, 0.2) is 0 Å². The van der Waals surface area contributed by atoms with Crippen LogP contribution >= 0.6 is 22.6 Å². The molecule has 2 atom stereocenters. The van der Waals surface area contributed by atoms with Crippen LogP contribution in [-0.4, -0.2) is 22.4 Å². The van der Waals surface area contributed by atoms with Gasteiger partial charge in [0, 0.05) is 12.7 Å². The van der Waals surface area contributed by atoms with Gasteiger partial charge in [-0.15, -0.1) is 0 Å². The molecule has 1 aliphatic carbocycles. The van der Waals surface area contributed by atoms with E-state index in [1.54, 1.807) is 0 Å². The predicted molar refractivity (Wildman–Crippen MR) is 74.3 cm³/mol. The first-order valence-corrected chi connectivity index (χ1v) is 7.06. The van der Waals surface area contributed by atoms with Gasteiger partial charge in [0.05, 0.1) is 15.8 Å². The lowest BCUT2D eigenvalue weighted by Crippen LogP contribution is -2.45. The number of aromatic nitrogens is 2. The third-order valence-corrected chi connectivity index (χ3v) is 4.33. The second-order valence-corrected chi connectivity index (χ2v) is 5.88. The van der Waals surface area contributed by atoms with Gasteiger partial charge in [0.25, 0.3) is 0 Å². The summed E-state index contributed by atoms with van der Waals surface area (Å²) < 4.78 is 3.13. The van der Waals surface area contributed by atoms with Crippen molar-refractivity contribution in [3.63, 3.8) is 0 Å². The number of hydrogen-bond donors (Lipinski definition) is 1. The van der Waals surface area contributed by atoms with Gasteiger partial charge in [0.2, 0.25) is 0 Å². The van der Waals surface area contributed by atoms with Crippen molar-refractivity contribution in [2.45, 2.75) is 37.8 Å². The highest BCUT2D eigenvalue weighted by atomic mass is 127. The van der Waals surface area contributed by atoms with Crippen molar-refractivity contribution in [1.82, 2.24) is 15.1 Å². The monoisotopic (exact) mass is 344 g/mol. The average molecular weight is 344 g/mol. The molecule has 4 nitrogen and oxygen atoms in total. The topological polar surface area (TPSA) is 53.6 Å². The van der Waals surface area contributed by atoms with Crippen LogP contribution in [-0.2, 0) is 6.54 Å². The number of nitrogens with zero attached hydrogens (tertiary/aromatic N) is 3. The molecule has 0 bridgehead atoms. The van der Waals surface area contributed by atoms with Crippen molar-refractivity contribution in [1.29, 1.82) is 5.26 Å². The van der Waals surface area contributed by atoms with Crippen LogP contribution in [0.3, 0.4) is 0 Å². The summed E-state index contributed by atoms with van der Waals surface area (Å²) in [7, 11) is 1.90. The molecular weight excluding hydrogens is 327 g/mol. The smallest absolute Gasteiger partial charge is 0.109 e. The van der Waals surface area contributed by atoms with E-state index in [1.165, 1.54) is 0 Å². The van der Waals surface area contributed by atoms with Gasteiger partial charge >= 0.3 is 0 Å². The Morgan fingerprint density at radius 1 is 1.76 bits per heavy atom. The Hall–Kier alpha value is -0.610. The largest absolute Gasteiger partial charge is 0.302 e. The molecule has 5 heteroatoms. The van der Waals surface area contributed by atoms with Crippen molar-refractivity contribution in [2.24, 2.45) is 5.92 Å². The molecule has 1 heterocycles. The van der Waals surface area contributed by atoms with Crippen LogP contribution in [0.1, 0.15) is 25.7 Å². The Balaban J connectivity index is 1.97. The molecule has 92 valence electrons. The molecule has 0 spiro atoms. The first kappa shape index (κ1) is 12.8. The van der Waals surface area contributed by atoms with E-state index in [1.807, 2.05) is 24.1 Å². The second-order valence-electron chi connectivity index (χ2n) is 4.63. The van der Waals surface area contributed by atoms with E-state index in [-0.39, 0.29) is 5.54 Å². The van der Waals surface area contributed by atoms with E-state index in [0.717, 1.165) is 35.8 Å². The Kier molecular flexibility index (Phi) is 4.05. The van der Waals surface area contributed by atoms with E-state index in [2.05, 4.69) is 39.1 Å². The number of halogens is 1. The van der Waals surface area contributed by atoms with Crippen LogP contribution in [0.5, 0.6) is 0 Å². The average Bonchev–Trinajstić information content (AvgIpc) is 2.93. The molecule has 1 N–H and O–H groups in total. The third-order valence-electron chi connectivity index (χ3n) is 3.77. The van der Waals surface area contributed by atoms with Crippen LogP contribution in [0.25, 0.3) is 0 Å². The zero-order valence-electron chi connectivity index (χ0n) is 9.99. The van der Waals surface area contributed by atoms with Crippen LogP contribution in [0.2, 0.25) is 0 Å². The summed E-state index contributed by atoms with van der Waals surface area (Å²) in [5.41, 5.74) is -0.305. The normalized spacial score (nSPS) is 28.2. The highest BCUT2D eigenvalue weighted by Gasteiger charge is 2.41. The number of nitrogens with one attached hydrogen (secondary N) is 1. The minimum atomic E-state index is -0.305. The summed E-state index contributed by atoms with van der Waals surface area (Å²) in [6, 6.07) is 2.48. The summed E-state index contributed by atoms with van der Waals surface area (Å²) in [4.78, 5) is 0. The molecule has 2 rings (SSSR count). The molecule has 1 aromatic heterocycles. The van der Waals surface area contributed by atoms with Gasteiger partial charge in [-0.1, -0.05) is 6.42 Å². The maximum atomic E-state index is 9.35. The lowest BCUT2D eigenvalue weighted by Gasteiger charge is -2.28. The molecule has 0 saturated heterocycles. The quantitative estimate of drug-likeness (QED) is 0.852. The van der Waals surface area contributed by atoms with Crippen molar-refractivity contribution in [2.75, 3.05) is 7.05 Å². The van der Waals surface area contributed by atoms with Crippen LogP contribution in [0, 0.1) is 20.8 Å². The van der Waals surface area contributed by atoms with Crippen molar-refractivity contribution < 1.29 is 0 Å². The zero-order chi connectivity index (χ0) is 12.3. The van der Waals surface area contributed by atoms with Gasteiger partial charge in [-0.3, -0.25) is 4.68 Å². The molecule has 17 heavy (non-hydrogen) atoms. The highest BCUT2D eigenvalue weighted by molar-refractivity contribution is 14.1. The van der Waals surface area contributed by atoms with Gasteiger partial charge < -0.3 is 5.32 Å². The van der Waals surface area contributed by atoms with Crippen molar-refractivity contribution in [3.8, 4) is 6.07 Å². The molecule has 2 unspecified atom stereocenters. The van der Waals surface area contributed by atoms with Crippen LogP contribution in [0.15, 0.2) is 12.4 Å². The number of hydrogen-bond acceptors (Lipinski definition) is 3. The van der Waals surface area contributed by atoms with Gasteiger partial charge in [0.1, 0.15) is 5.54 Å². The lowest BCUT2D eigenvalue weighted by atomic mass is 9.86. The summed E-state index contributed by atoms with van der Waals surface area (Å²) in [5.74, 6) is 0.444. The Morgan fingerprint density at radius 2 is 2.59 bits per heavy atom. The molecule has 1 saturated carbocycles. The maximum Gasteiger partial charge on any atom is 0.109 e. The molecule has 0 aromatic carbocycles. The predicted octanol–water partition coefficient (Wildman–Crippen LogP) is 2.16. The Morgan fingerprint density at radius 3 is 3.18 bits per heavy atom. The first-order chi connectivity index (χ1) is 8.20. The van der Waals surface area contributed by atoms with Crippen molar-refractivity contribution >= 4 is 22.6 Å². The third kappa shape index (κ3) is 2.63. The summed E-state index contributed by atoms with van der Waals surface area (Å²) in [6.07, 6.45) is 8.20. The fraction of sp³-hybridized carbons (Fsp3) is 0.667. The van der Waals surface area contributed by atoms with Gasteiger partial charge in [-0.2, -0.15) is 10.4 Å². The van der Waals surface area contributed by atoms with E-state index in [9.17, 15) is 5.26 Å². The SMILES string of the molecule is CNC1(C#N)CCCC1CCn1cc(I)cn1. The first-order valence-electron chi connectivity index (χ1n) is 5.98. The Labute approximate surface area is 116 Å². The number of aryl methyl sites for hydroxylation is 1. The molecular formula is C12H17IN4. The van der Waals surface area contributed by atoms with Crippen molar-refractivity contribution in [3.05, 3.63) is 16.0 Å². The number of rotatable bonds is 4. The standard InChI is InChI=1S/C12H17IN4/c1-15-12(9-14)5-2-3-10(12)4-6-17-8-11(13)7-16-17/h7-8,10,15H,2-6H2,1H3. The Bertz CT molecular complexity index is 422. The van der Waals surface area contributed by atoms with E-state index < -0.39 is 0 Å². The molecule has 1 aromatic rings. The summed E-state index contributed by atoms with van der Waals surface area (Å²) >= 11 is 2.26. The summed E-state index contributed by atoms with van der Waals surface area (Å²) in [5, 5.41) is 16.9. The fourth-order valence-corrected chi connectivity index (χ4v) is 3.20. The molecule has 0 radical (unpaired) electrons. The van der Waals surface area contributed by atoms with Gasteiger partial charge in [-0.05, 0) is 54.8 Å². The van der Waals surface area contributed by atoms with E-state index in [4.69, 9.17) is 0 Å².